The standard InChI is InChI=1S/C15H15N3O3/c1-21-15(20)10-5-8-18(9-10)14(19)11-3-2-4-12-13(11)17-7-6-16-12/h2-4,6-7,10H,5,8-9H2,1H3. The van der Waals surface area contributed by atoms with E-state index in [1.165, 1.54) is 7.11 Å². The Labute approximate surface area is 121 Å². The van der Waals surface area contributed by atoms with Crippen LogP contribution in [0.1, 0.15) is 16.8 Å². The molecule has 1 amide bonds. The molecule has 21 heavy (non-hydrogen) atoms. The first-order valence-electron chi connectivity index (χ1n) is 6.77. The molecule has 2 heterocycles. The molecular formula is C15H15N3O3. The number of nitrogens with zero attached hydrogens (tertiary/aromatic N) is 3. The van der Waals surface area contributed by atoms with E-state index >= 15 is 0 Å². The van der Waals surface area contributed by atoms with Gasteiger partial charge in [-0.05, 0) is 18.6 Å². The number of amides is 1. The first-order valence-corrected chi connectivity index (χ1v) is 6.77. The average Bonchev–Trinajstić information content (AvgIpc) is 3.03. The second-order valence-electron chi connectivity index (χ2n) is 4.99. The van der Waals surface area contributed by atoms with Crippen LogP contribution in [0.3, 0.4) is 0 Å². The molecule has 0 radical (unpaired) electrons. The Morgan fingerprint density at radius 1 is 1.29 bits per heavy atom. The van der Waals surface area contributed by atoms with E-state index in [4.69, 9.17) is 4.74 Å². The van der Waals surface area contributed by atoms with Gasteiger partial charge >= 0.3 is 5.97 Å². The van der Waals surface area contributed by atoms with Gasteiger partial charge in [0.25, 0.3) is 5.91 Å². The molecular weight excluding hydrogens is 270 g/mol. The van der Waals surface area contributed by atoms with Crippen LogP contribution in [-0.2, 0) is 9.53 Å². The monoisotopic (exact) mass is 285 g/mol. The second-order valence-corrected chi connectivity index (χ2v) is 4.99. The lowest BCUT2D eigenvalue weighted by Gasteiger charge is -2.16. The largest absolute Gasteiger partial charge is 0.469 e. The number of ether oxygens (including phenoxy) is 1. The molecule has 6 nitrogen and oxygen atoms in total. The molecule has 0 N–H and O–H groups in total. The molecule has 3 rings (SSSR count). The summed E-state index contributed by atoms with van der Waals surface area (Å²) in [4.78, 5) is 34.3. The number of hydrogen-bond acceptors (Lipinski definition) is 5. The highest BCUT2D eigenvalue weighted by molar-refractivity contribution is 6.04. The van der Waals surface area contributed by atoms with Crippen molar-refractivity contribution in [2.45, 2.75) is 6.42 Å². The number of aromatic nitrogens is 2. The quantitative estimate of drug-likeness (QED) is 0.777. The van der Waals surface area contributed by atoms with E-state index < -0.39 is 0 Å². The summed E-state index contributed by atoms with van der Waals surface area (Å²) in [6.45, 7) is 0.942. The molecule has 1 aliphatic rings. The number of likely N-dealkylation sites (tertiary alicyclic amines) is 1. The van der Waals surface area contributed by atoms with Crippen LogP contribution in [0.5, 0.6) is 0 Å². The van der Waals surface area contributed by atoms with Crippen LogP contribution in [0.15, 0.2) is 30.6 Å². The van der Waals surface area contributed by atoms with Gasteiger partial charge in [0, 0.05) is 25.5 Å². The van der Waals surface area contributed by atoms with Gasteiger partial charge in [-0.2, -0.15) is 0 Å². The van der Waals surface area contributed by atoms with Crippen molar-refractivity contribution < 1.29 is 14.3 Å². The molecule has 1 aromatic carbocycles. The minimum Gasteiger partial charge on any atom is -0.469 e. The zero-order valence-electron chi connectivity index (χ0n) is 11.7. The highest BCUT2D eigenvalue weighted by Crippen LogP contribution is 2.22. The third-order valence-corrected chi connectivity index (χ3v) is 3.74. The van der Waals surface area contributed by atoms with Crippen molar-refractivity contribution >= 4 is 22.9 Å². The van der Waals surface area contributed by atoms with Crippen molar-refractivity contribution in [2.24, 2.45) is 5.92 Å². The Bertz CT molecular complexity index is 696. The fourth-order valence-corrected chi connectivity index (χ4v) is 2.64. The minimum atomic E-state index is -0.261. The molecule has 0 spiro atoms. The van der Waals surface area contributed by atoms with Crippen LogP contribution < -0.4 is 0 Å². The smallest absolute Gasteiger partial charge is 0.310 e. The fraction of sp³-hybridized carbons (Fsp3) is 0.333. The molecule has 108 valence electrons. The summed E-state index contributed by atoms with van der Waals surface area (Å²) in [5, 5.41) is 0. The maximum absolute atomic E-state index is 12.6. The van der Waals surface area contributed by atoms with Gasteiger partial charge in [-0.15, -0.1) is 0 Å². The number of para-hydroxylation sites is 1. The summed E-state index contributed by atoms with van der Waals surface area (Å²) in [6, 6.07) is 5.35. The number of carbonyl (C=O) groups excluding carboxylic acids is 2. The van der Waals surface area contributed by atoms with Crippen LogP contribution in [0.4, 0.5) is 0 Å². The fourth-order valence-electron chi connectivity index (χ4n) is 2.64. The van der Waals surface area contributed by atoms with E-state index in [1.54, 1.807) is 29.4 Å². The molecule has 0 bridgehead atoms. The summed E-state index contributed by atoms with van der Waals surface area (Å²) in [5.74, 6) is -0.615. The first-order chi connectivity index (χ1) is 10.2. The van der Waals surface area contributed by atoms with E-state index in [0.29, 0.717) is 36.1 Å². The normalized spacial score (nSPS) is 18.0. The summed E-state index contributed by atoms with van der Waals surface area (Å²) in [7, 11) is 1.37. The number of fused-ring (bicyclic) bond motifs is 1. The second kappa shape index (κ2) is 5.47. The molecule has 1 fully saturated rings. The summed E-state index contributed by atoms with van der Waals surface area (Å²) in [6.07, 6.45) is 3.80. The predicted octanol–water partition coefficient (Wildman–Crippen LogP) is 1.26. The number of methoxy groups -OCH3 is 1. The van der Waals surface area contributed by atoms with Crippen LogP contribution in [0.25, 0.3) is 11.0 Å². The third kappa shape index (κ3) is 2.44. The van der Waals surface area contributed by atoms with Gasteiger partial charge in [0.1, 0.15) is 5.52 Å². The third-order valence-electron chi connectivity index (χ3n) is 3.74. The van der Waals surface area contributed by atoms with Crippen LogP contribution in [-0.4, -0.2) is 46.9 Å². The number of carbonyl (C=O) groups is 2. The molecule has 1 aromatic heterocycles. The highest BCUT2D eigenvalue weighted by atomic mass is 16.5. The molecule has 2 aromatic rings. The zero-order chi connectivity index (χ0) is 14.8. The lowest BCUT2D eigenvalue weighted by molar-refractivity contribution is -0.144. The van der Waals surface area contributed by atoms with Gasteiger partial charge < -0.3 is 9.64 Å². The van der Waals surface area contributed by atoms with Crippen molar-refractivity contribution in [3.63, 3.8) is 0 Å². The number of esters is 1. The molecule has 1 atom stereocenters. The minimum absolute atomic E-state index is 0.118. The maximum Gasteiger partial charge on any atom is 0.310 e. The Balaban J connectivity index is 1.87. The van der Waals surface area contributed by atoms with Gasteiger partial charge in [0.05, 0.1) is 24.1 Å². The van der Waals surface area contributed by atoms with Gasteiger partial charge in [-0.3, -0.25) is 19.6 Å². The van der Waals surface area contributed by atoms with Crippen molar-refractivity contribution in [1.29, 1.82) is 0 Å². The molecule has 1 unspecified atom stereocenters. The van der Waals surface area contributed by atoms with E-state index in [2.05, 4.69) is 9.97 Å². The summed E-state index contributed by atoms with van der Waals surface area (Å²) >= 11 is 0. The van der Waals surface area contributed by atoms with Crippen molar-refractivity contribution in [3.05, 3.63) is 36.2 Å². The van der Waals surface area contributed by atoms with E-state index in [-0.39, 0.29) is 17.8 Å². The Kier molecular flexibility index (Phi) is 3.51. The number of benzene rings is 1. The summed E-state index contributed by atoms with van der Waals surface area (Å²) in [5.41, 5.74) is 1.80. The molecule has 1 saturated heterocycles. The topological polar surface area (TPSA) is 72.4 Å². The van der Waals surface area contributed by atoms with Crippen molar-refractivity contribution in [3.8, 4) is 0 Å². The van der Waals surface area contributed by atoms with E-state index in [1.807, 2.05) is 6.07 Å². The average molecular weight is 285 g/mol. The van der Waals surface area contributed by atoms with E-state index in [9.17, 15) is 9.59 Å². The van der Waals surface area contributed by atoms with Gasteiger partial charge in [-0.25, -0.2) is 0 Å². The lowest BCUT2D eigenvalue weighted by Crippen LogP contribution is -2.30. The summed E-state index contributed by atoms with van der Waals surface area (Å²) < 4.78 is 4.74. The van der Waals surface area contributed by atoms with E-state index in [0.717, 1.165) is 0 Å². The predicted molar refractivity (Wildman–Crippen MR) is 75.6 cm³/mol. The lowest BCUT2D eigenvalue weighted by atomic mass is 10.1. The highest BCUT2D eigenvalue weighted by Gasteiger charge is 2.32. The molecule has 0 aliphatic carbocycles. The van der Waals surface area contributed by atoms with Gasteiger partial charge in [0.2, 0.25) is 0 Å². The van der Waals surface area contributed by atoms with Crippen LogP contribution >= 0.6 is 0 Å². The Hall–Kier alpha value is -2.50. The maximum atomic E-state index is 12.6. The zero-order valence-corrected chi connectivity index (χ0v) is 11.7. The SMILES string of the molecule is COC(=O)C1CCN(C(=O)c2cccc3nccnc23)C1. The number of hydrogen-bond donors (Lipinski definition) is 0. The number of rotatable bonds is 2. The van der Waals surface area contributed by atoms with Crippen molar-refractivity contribution in [2.75, 3.05) is 20.2 Å². The Morgan fingerprint density at radius 3 is 2.90 bits per heavy atom. The molecule has 0 saturated carbocycles. The van der Waals surface area contributed by atoms with Gasteiger partial charge in [0.15, 0.2) is 0 Å². The van der Waals surface area contributed by atoms with Crippen LogP contribution in [0.2, 0.25) is 0 Å². The Morgan fingerprint density at radius 2 is 2.10 bits per heavy atom. The first kappa shape index (κ1) is 13.5. The van der Waals surface area contributed by atoms with Crippen molar-refractivity contribution in [1.82, 2.24) is 14.9 Å². The molecule has 6 heteroatoms. The molecule has 1 aliphatic heterocycles. The van der Waals surface area contributed by atoms with Gasteiger partial charge in [-0.1, -0.05) is 6.07 Å². The van der Waals surface area contributed by atoms with Crippen LogP contribution in [0, 0.1) is 5.92 Å².